The van der Waals surface area contributed by atoms with Crippen LogP contribution in [0.3, 0.4) is 0 Å². The van der Waals surface area contributed by atoms with Gasteiger partial charge in [-0.15, -0.1) is 5.10 Å². The van der Waals surface area contributed by atoms with E-state index < -0.39 is 0 Å². The molecule has 134 valence electrons. The van der Waals surface area contributed by atoms with Gasteiger partial charge in [-0.3, -0.25) is 4.79 Å². The molecule has 0 bridgehead atoms. The molecule has 1 saturated heterocycles. The maximum Gasteiger partial charge on any atom is 0.251 e. The van der Waals surface area contributed by atoms with Gasteiger partial charge in [0.15, 0.2) is 5.65 Å². The summed E-state index contributed by atoms with van der Waals surface area (Å²) >= 11 is 0. The van der Waals surface area contributed by atoms with Crippen LogP contribution < -0.4 is 16.0 Å². The van der Waals surface area contributed by atoms with Crippen LogP contribution in [0.4, 0.5) is 5.82 Å². The lowest BCUT2D eigenvalue weighted by molar-refractivity contribution is 0.0950. The fourth-order valence-electron chi connectivity index (χ4n) is 3.24. The number of fused-ring (bicyclic) bond motifs is 1. The maximum absolute atomic E-state index is 12.3. The van der Waals surface area contributed by atoms with E-state index in [0.717, 1.165) is 35.7 Å². The molecule has 26 heavy (non-hydrogen) atoms. The number of carbonyl (C=O) groups excluding carboxylic acids is 1. The molecule has 1 aliphatic rings. The lowest BCUT2D eigenvalue weighted by Gasteiger charge is -2.11. The Morgan fingerprint density at radius 3 is 2.85 bits per heavy atom. The Morgan fingerprint density at radius 2 is 2.12 bits per heavy atom. The van der Waals surface area contributed by atoms with E-state index in [-0.39, 0.29) is 5.91 Å². The number of carbonyl (C=O) groups is 1. The summed E-state index contributed by atoms with van der Waals surface area (Å²) in [4.78, 5) is 16.7. The second kappa shape index (κ2) is 7.13. The topological polar surface area (TPSA) is 83.3 Å². The van der Waals surface area contributed by atoms with Crippen LogP contribution in [0.5, 0.6) is 0 Å². The number of anilines is 1. The lowest BCUT2D eigenvalue weighted by atomic mass is 10.1. The van der Waals surface area contributed by atoms with Gasteiger partial charge in [-0.2, -0.15) is 0 Å². The Labute approximate surface area is 151 Å². The highest BCUT2D eigenvalue weighted by molar-refractivity contribution is 5.94. The van der Waals surface area contributed by atoms with Crippen molar-refractivity contribution in [1.29, 1.82) is 0 Å². The standard InChI is InChI=1S/C19H22N6O/c1-20-17-8-9-18-22-12-16(25(18)24-17)13-4-6-14(7-5-13)19(26)23-11-15-3-2-10-21-15/h4-9,12,15,21H,2-3,10-11H2,1H3,(H,20,24)(H,23,26)/t15-/m0/s1. The zero-order valence-corrected chi connectivity index (χ0v) is 14.7. The number of nitrogens with zero attached hydrogens (tertiary/aromatic N) is 3. The Balaban J connectivity index is 1.51. The number of rotatable bonds is 5. The molecule has 7 nitrogen and oxygen atoms in total. The zero-order valence-electron chi connectivity index (χ0n) is 14.7. The fourth-order valence-corrected chi connectivity index (χ4v) is 3.24. The van der Waals surface area contributed by atoms with E-state index in [1.54, 1.807) is 10.7 Å². The Kier molecular flexibility index (Phi) is 4.53. The molecule has 0 spiro atoms. The van der Waals surface area contributed by atoms with Gasteiger partial charge in [-0.05, 0) is 43.7 Å². The predicted molar refractivity (Wildman–Crippen MR) is 101 cm³/mol. The first-order valence-corrected chi connectivity index (χ1v) is 8.89. The molecule has 1 aliphatic heterocycles. The average Bonchev–Trinajstić information content (AvgIpc) is 3.35. The molecule has 3 N–H and O–H groups in total. The van der Waals surface area contributed by atoms with Crippen molar-refractivity contribution in [2.75, 3.05) is 25.5 Å². The molecule has 7 heteroatoms. The Hall–Kier alpha value is -2.93. The van der Waals surface area contributed by atoms with E-state index in [9.17, 15) is 4.79 Å². The fraction of sp³-hybridized carbons (Fsp3) is 0.316. The molecular weight excluding hydrogens is 328 g/mol. The molecule has 3 heterocycles. The predicted octanol–water partition coefficient (Wildman–Crippen LogP) is 1.92. The third-order valence-corrected chi connectivity index (χ3v) is 4.73. The quantitative estimate of drug-likeness (QED) is 0.655. The summed E-state index contributed by atoms with van der Waals surface area (Å²) in [6, 6.07) is 11.7. The summed E-state index contributed by atoms with van der Waals surface area (Å²) in [5.74, 6) is 0.729. The molecule has 1 amide bonds. The number of nitrogens with one attached hydrogen (secondary N) is 3. The minimum Gasteiger partial charge on any atom is -0.372 e. The van der Waals surface area contributed by atoms with E-state index in [0.29, 0.717) is 18.2 Å². The van der Waals surface area contributed by atoms with Gasteiger partial charge in [0.25, 0.3) is 5.91 Å². The molecule has 0 radical (unpaired) electrons. The summed E-state index contributed by atoms with van der Waals surface area (Å²) in [6.07, 6.45) is 4.09. The molecule has 0 saturated carbocycles. The lowest BCUT2D eigenvalue weighted by Crippen LogP contribution is -2.37. The van der Waals surface area contributed by atoms with Gasteiger partial charge >= 0.3 is 0 Å². The molecule has 0 aliphatic carbocycles. The van der Waals surface area contributed by atoms with Crippen LogP contribution in [0, 0.1) is 0 Å². The van der Waals surface area contributed by atoms with Gasteiger partial charge in [0.1, 0.15) is 5.82 Å². The Bertz CT molecular complexity index is 911. The summed E-state index contributed by atoms with van der Waals surface area (Å²) in [6.45, 7) is 1.71. The average molecular weight is 350 g/mol. The van der Waals surface area contributed by atoms with Crippen molar-refractivity contribution in [3.63, 3.8) is 0 Å². The second-order valence-corrected chi connectivity index (χ2v) is 6.46. The van der Waals surface area contributed by atoms with Crippen molar-refractivity contribution in [2.45, 2.75) is 18.9 Å². The van der Waals surface area contributed by atoms with E-state index in [4.69, 9.17) is 0 Å². The van der Waals surface area contributed by atoms with Crippen molar-refractivity contribution in [1.82, 2.24) is 25.2 Å². The highest BCUT2D eigenvalue weighted by Crippen LogP contribution is 2.21. The van der Waals surface area contributed by atoms with Crippen LogP contribution in [0.2, 0.25) is 0 Å². The van der Waals surface area contributed by atoms with Crippen molar-refractivity contribution in [2.24, 2.45) is 0 Å². The van der Waals surface area contributed by atoms with Crippen LogP contribution in [-0.4, -0.2) is 46.7 Å². The Morgan fingerprint density at radius 1 is 1.27 bits per heavy atom. The van der Waals surface area contributed by atoms with Gasteiger partial charge in [0.2, 0.25) is 0 Å². The number of hydrogen-bond donors (Lipinski definition) is 3. The highest BCUT2D eigenvalue weighted by atomic mass is 16.1. The molecular formula is C19H22N6O. The second-order valence-electron chi connectivity index (χ2n) is 6.46. The van der Waals surface area contributed by atoms with Crippen molar-refractivity contribution in [3.8, 4) is 11.3 Å². The largest absolute Gasteiger partial charge is 0.372 e. The molecule has 1 aromatic carbocycles. The van der Waals surface area contributed by atoms with E-state index in [2.05, 4.69) is 26.0 Å². The molecule has 0 unspecified atom stereocenters. The number of aromatic nitrogens is 3. The van der Waals surface area contributed by atoms with E-state index in [1.165, 1.54) is 6.42 Å². The summed E-state index contributed by atoms with van der Waals surface area (Å²) < 4.78 is 1.80. The van der Waals surface area contributed by atoms with Gasteiger partial charge in [0.05, 0.1) is 11.9 Å². The van der Waals surface area contributed by atoms with Gasteiger partial charge in [-0.25, -0.2) is 9.50 Å². The van der Waals surface area contributed by atoms with Crippen molar-refractivity contribution in [3.05, 3.63) is 48.2 Å². The van der Waals surface area contributed by atoms with Gasteiger partial charge in [0, 0.05) is 30.8 Å². The van der Waals surface area contributed by atoms with Crippen LogP contribution >= 0.6 is 0 Å². The molecule has 1 atom stereocenters. The maximum atomic E-state index is 12.3. The molecule has 2 aromatic heterocycles. The minimum atomic E-state index is -0.0426. The minimum absolute atomic E-state index is 0.0426. The first-order valence-electron chi connectivity index (χ1n) is 8.89. The van der Waals surface area contributed by atoms with Gasteiger partial charge in [-0.1, -0.05) is 12.1 Å². The third kappa shape index (κ3) is 3.25. The highest BCUT2D eigenvalue weighted by Gasteiger charge is 2.15. The zero-order chi connectivity index (χ0) is 17.9. The number of benzene rings is 1. The smallest absolute Gasteiger partial charge is 0.251 e. The van der Waals surface area contributed by atoms with Gasteiger partial charge < -0.3 is 16.0 Å². The van der Waals surface area contributed by atoms with Crippen LogP contribution in [-0.2, 0) is 0 Å². The summed E-state index contributed by atoms with van der Waals surface area (Å²) in [5.41, 5.74) is 3.29. The third-order valence-electron chi connectivity index (χ3n) is 4.73. The van der Waals surface area contributed by atoms with E-state index in [1.807, 2.05) is 43.4 Å². The normalized spacial score (nSPS) is 16.7. The first kappa shape index (κ1) is 16.5. The van der Waals surface area contributed by atoms with E-state index >= 15 is 0 Å². The van der Waals surface area contributed by atoms with Crippen LogP contribution in [0.1, 0.15) is 23.2 Å². The van der Waals surface area contributed by atoms with Crippen molar-refractivity contribution < 1.29 is 4.79 Å². The summed E-state index contributed by atoms with van der Waals surface area (Å²) in [5, 5.41) is 13.9. The number of hydrogen-bond acceptors (Lipinski definition) is 5. The monoisotopic (exact) mass is 350 g/mol. The molecule has 4 rings (SSSR count). The van der Waals surface area contributed by atoms with Crippen LogP contribution in [0.15, 0.2) is 42.6 Å². The molecule has 1 fully saturated rings. The van der Waals surface area contributed by atoms with Crippen molar-refractivity contribution >= 4 is 17.4 Å². The SMILES string of the molecule is CNc1ccc2ncc(-c3ccc(C(=O)NC[C@@H]4CCCN4)cc3)n2n1. The van der Waals surface area contributed by atoms with Crippen LogP contribution in [0.25, 0.3) is 16.9 Å². The summed E-state index contributed by atoms with van der Waals surface area (Å²) in [7, 11) is 1.83. The first-order chi connectivity index (χ1) is 12.7. The number of imidazole rings is 1. The number of amides is 1. The molecule has 3 aromatic rings.